The van der Waals surface area contributed by atoms with Crippen LogP contribution < -0.4 is 25.8 Å². The van der Waals surface area contributed by atoms with Crippen LogP contribution in [0.15, 0.2) is 54.7 Å². The second-order valence-corrected chi connectivity index (χ2v) is 11.7. The minimum absolute atomic E-state index is 0.0770. The third-order valence-electron chi connectivity index (χ3n) is 8.59. The van der Waals surface area contributed by atoms with E-state index in [4.69, 9.17) is 10.7 Å². The summed E-state index contributed by atoms with van der Waals surface area (Å²) in [5.74, 6) is 0.684. The van der Waals surface area contributed by atoms with E-state index < -0.39 is 5.91 Å². The smallest absolute Gasteiger partial charge is 0.271 e. The number of carbonyl (C=O) groups is 2. The van der Waals surface area contributed by atoms with E-state index in [0.29, 0.717) is 18.1 Å². The van der Waals surface area contributed by atoms with Crippen molar-refractivity contribution in [1.29, 1.82) is 0 Å². The summed E-state index contributed by atoms with van der Waals surface area (Å²) < 4.78 is 0. The van der Waals surface area contributed by atoms with Crippen LogP contribution in [0.2, 0.25) is 0 Å². The summed E-state index contributed by atoms with van der Waals surface area (Å²) in [6.45, 7) is 7.00. The topological polar surface area (TPSA) is 111 Å². The number of hydrogen-bond acceptors (Lipinski definition) is 9. The van der Waals surface area contributed by atoms with Gasteiger partial charge in [-0.2, -0.15) is 0 Å². The zero-order valence-electron chi connectivity index (χ0n) is 25.1. The quantitative estimate of drug-likeness (QED) is 0.369. The van der Waals surface area contributed by atoms with E-state index in [0.717, 1.165) is 62.5 Å². The number of piperazine rings is 1. The summed E-state index contributed by atoms with van der Waals surface area (Å²) in [7, 11) is 6.12. The zero-order valence-corrected chi connectivity index (χ0v) is 25.1. The molecule has 2 aliphatic heterocycles. The van der Waals surface area contributed by atoms with Crippen molar-refractivity contribution in [2.24, 2.45) is 11.7 Å². The Morgan fingerprint density at radius 3 is 2.33 bits per heavy atom. The van der Waals surface area contributed by atoms with Crippen molar-refractivity contribution in [3.8, 4) is 0 Å². The highest BCUT2D eigenvalue weighted by Gasteiger charge is 2.31. The summed E-state index contributed by atoms with van der Waals surface area (Å²) in [4.78, 5) is 43.6. The number of benzene rings is 2. The predicted molar refractivity (Wildman–Crippen MR) is 169 cm³/mol. The Bertz CT molecular complexity index is 1380. The van der Waals surface area contributed by atoms with Crippen molar-refractivity contribution in [2.75, 3.05) is 73.9 Å². The van der Waals surface area contributed by atoms with Crippen molar-refractivity contribution >= 4 is 40.4 Å². The molecule has 0 saturated carbocycles. The molecule has 1 amide bonds. The summed E-state index contributed by atoms with van der Waals surface area (Å²) >= 11 is 0. The Balaban J connectivity index is 1.30. The molecule has 2 aromatic carbocycles. The molecule has 2 atom stereocenters. The van der Waals surface area contributed by atoms with Crippen LogP contribution in [-0.2, 0) is 0 Å². The fraction of sp³-hybridized carbons (Fsp3) is 0.438. The number of likely N-dealkylation sites (N-methyl/N-ethyl adjacent to an activating group) is 1. The molecule has 3 N–H and O–H groups in total. The monoisotopic (exact) mass is 570 g/mol. The maximum absolute atomic E-state index is 13.2. The zero-order chi connectivity index (χ0) is 29.8. The Morgan fingerprint density at radius 1 is 1.00 bits per heavy atom. The summed E-state index contributed by atoms with van der Waals surface area (Å²) in [6.07, 6.45) is 3.99. The molecular formula is C32H42N8O2. The Morgan fingerprint density at radius 2 is 1.69 bits per heavy atom. The minimum atomic E-state index is -0.638. The predicted octanol–water partition coefficient (Wildman–Crippen LogP) is 4.01. The van der Waals surface area contributed by atoms with E-state index in [9.17, 15) is 9.59 Å². The molecule has 42 heavy (non-hydrogen) atoms. The van der Waals surface area contributed by atoms with E-state index in [-0.39, 0.29) is 23.4 Å². The molecule has 2 fully saturated rings. The van der Waals surface area contributed by atoms with E-state index >= 15 is 0 Å². The van der Waals surface area contributed by atoms with Crippen LogP contribution in [0.25, 0.3) is 0 Å². The van der Waals surface area contributed by atoms with Gasteiger partial charge in [0.25, 0.3) is 5.91 Å². The highest BCUT2D eigenvalue weighted by atomic mass is 16.1. The maximum atomic E-state index is 13.2. The second-order valence-electron chi connectivity index (χ2n) is 11.7. The number of amides is 1. The van der Waals surface area contributed by atoms with Crippen LogP contribution in [0.3, 0.4) is 0 Å². The number of aromatic nitrogens is 2. The standard InChI is InChI=1S/C32H42N8O2/c1-22-24(20-28(41)23-7-11-26(12-8-23)37(2)3)6-5-15-40(22)29-21-34-30(31(33)42)32(36-29)35-25-9-13-27(14-10-25)39-18-16-38(4)17-19-39/h7-14,21-22,24H,5-6,15-20H2,1-4H3,(H2,33,42)(H,35,36)/t22-,24+/m1/s1. The van der Waals surface area contributed by atoms with Crippen molar-refractivity contribution < 1.29 is 9.59 Å². The van der Waals surface area contributed by atoms with Crippen LogP contribution in [-0.4, -0.2) is 86.5 Å². The number of ketones is 1. The number of primary amides is 1. The Labute approximate surface area is 248 Å². The summed E-state index contributed by atoms with van der Waals surface area (Å²) in [6, 6.07) is 16.0. The van der Waals surface area contributed by atoms with Crippen LogP contribution in [0, 0.1) is 5.92 Å². The third-order valence-corrected chi connectivity index (χ3v) is 8.59. The maximum Gasteiger partial charge on any atom is 0.271 e. The number of nitrogens with two attached hydrogens (primary N) is 1. The molecule has 0 unspecified atom stereocenters. The Hall–Kier alpha value is -4.18. The fourth-order valence-corrected chi connectivity index (χ4v) is 5.86. The van der Waals surface area contributed by atoms with Crippen LogP contribution >= 0.6 is 0 Å². The van der Waals surface area contributed by atoms with Crippen LogP contribution in [0.5, 0.6) is 0 Å². The lowest BCUT2D eigenvalue weighted by Crippen LogP contribution is -2.44. The first-order chi connectivity index (χ1) is 20.2. The van der Waals surface area contributed by atoms with E-state index in [1.807, 2.05) is 55.4 Å². The van der Waals surface area contributed by atoms with Gasteiger partial charge in [-0.25, -0.2) is 9.97 Å². The lowest BCUT2D eigenvalue weighted by molar-refractivity contribution is 0.0944. The molecule has 3 heterocycles. The molecule has 0 spiro atoms. The highest BCUT2D eigenvalue weighted by Crippen LogP contribution is 2.32. The van der Waals surface area contributed by atoms with Crippen molar-refractivity contribution in [1.82, 2.24) is 14.9 Å². The van der Waals surface area contributed by atoms with E-state index in [1.54, 1.807) is 6.20 Å². The van der Waals surface area contributed by atoms with Gasteiger partial charge in [0, 0.05) is 81.9 Å². The lowest BCUT2D eigenvalue weighted by atomic mass is 9.85. The van der Waals surface area contributed by atoms with Gasteiger partial charge in [-0.05, 0) is 81.3 Å². The molecule has 2 aliphatic rings. The molecule has 1 aromatic heterocycles. The first-order valence-corrected chi connectivity index (χ1v) is 14.7. The highest BCUT2D eigenvalue weighted by molar-refractivity contribution is 5.97. The number of piperidine rings is 1. The SMILES string of the molecule is C[C@@H]1[C@H](CC(=O)c2ccc(N(C)C)cc2)CCCN1c1cnc(C(N)=O)c(Nc2ccc(N3CCN(C)CC3)cc2)n1. The van der Waals surface area contributed by atoms with Gasteiger partial charge in [0.05, 0.1) is 6.20 Å². The summed E-state index contributed by atoms with van der Waals surface area (Å²) in [5, 5.41) is 3.28. The molecular weight excluding hydrogens is 528 g/mol. The molecule has 5 rings (SSSR count). The van der Waals surface area contributed by atoms with Gasteiger partial charge >= 0.3 is 0 Å². The molecule has 0 bridgehead atoms. The average molecular weight is 571 g/mol. The minimum Gasteiger partial charge on any atom is -0.378 e. The molecule has 222 valence electrons. The van der Waals surface area contributed by atoms with Gasteiger partial charge < -0.3 is 30.7 Å². The van der Waals surface area contributed by atoms with Gasteiger partial charge in [0.15, 0.2) is 17.3 Å². The van der Waals surface area contributed by atoms with Crippen molar-refractivity contribution in [2.45, 2.75) is 32.2 Å². The van der Waals surface area contributed by atoms with Gasteiger partial charge in [-0.15, -0.1) is 0 Å². The van der Waals surface area contributed by atoms with Gasteiger partial charge in [0.2, 0.25) is 0 Å². The van der Waals surface area contributed by atoms with Gasteiger partial charge in [0.1, 0.15) is 5.82 Å². The molecule has 10 heteroatoms. The number of nitrogens with one attached hydrogen (secondary N) is 1. The van der Waals surface area contributed by atoms with E-state index in [2.05, 4.69) is 51.1 Å². The third kappa shape index (κ3) is 6.65. The molecule has 0 aliphatic carbocycles. The van der Waals surface area contributed by atoms with Crippen LogP contribution in [0.1, 0.15) is 47.0 Å². The number of carbonyl (C=O) groups excluding carboxylic acids is 2. The molecule has 3 aromatic rings. The van der Waals surface area contributed by atoms with Gasteiger partial charge in [-0.1, -0.05) is 0 Å². The second kappa shape index (κ2) is 12.8. The first-order valence-electron chi connectivity index (χ1n) is 14.7. The first kappa shape index (κ1) is 29.3. The largest absolute Gasteiger partial charge is 0.378 e. The van der Waals surface area contributed by atoms with Crippen LogP contribution in [0.4, 0.5) is 28.7 Å². The molecule has 0 radical (unpaired) electrons. The number of Topliss-reactive ketones (excluding diaryl/α,β-unsaturated/α-hetero) is 1. The average Bonchev–Trinajstić information content (AvgIpc) is 2.99. The fourth-order valence-electron chi connectivity index (χ4n) is 5.86. The normalized spacial score (nSPS) is 19.4. The number of rotatable bonds is 9. The van der Waals surface area contributed by atoms with E-state index in [1.165, 1.54) is 5.69 Å². The number of hydrogen-bond donors (Lipinski definition) is 2. The van der Waals surface area contributed by atoms with Crippen molar-refractivity contribution in [3.05, 3.63) is 66.0 Å². The summed E-state index contributed by atoms with van der Waals surface area (Å²) in [5.41, 5.74) is 9.54. The molecule has 10 nitrogen and oxygen atoms in total. The molecule has 2 saturated heterocycles. The van der Waals surface area contributed by atoms with Gasteiger partial charge in [-0.3, -0.25) is 9.59 Å². The van der Waals surface area contributed by atoms with Crippen molar-refractivity contribution in [3.63, 3.8) is 0 Å². The number of nitrogens with zero attached hydrogens (tertiary/aromatic N) is 6. The number of anilines is 5. The lowest BCUT2D eigenvalue weighted by Gasteiger charge is -2.40. The Kier molecular flexibility index (Phi) is 8.91.